The molecule has 0 bridgehead atoms. The minimum absolute atomic E-state index is 0.267. The summed E-state index contributed by atoms with van der Waals surface area (Å²) in [4.78, 5) is 28.5. The Bertz CT molecular complexity index is 901. The first kappa shape index (κ1) is 14.5. The molecule has 3 rings (SSSR count). The predicted molar refractivity (Wildman–Crippen MR) is 81.0 cm³/mol. The zero-order valence-electron chi connectivity index (χ0n) is 12.1. The maximum Gasteiger partial charge on any atom is 0.296 e. The zero-order chi connectivity index (χ0) is 16.4. The lowest BCUT2D eigenvalue weighted by atomic mass is 10.2. The van der Waals surface area contributed by atoms with Crippen molar-refractivity contribution in [2.75, 3.05) is 5.32 Å². The van der Waals surface area contributed by atoms with E-state index in [1.807, 2.05) is 6.07 Å². The number of aromatic nitrogens is 3. The molecule has 2 heterocycles. The topological polar surface area (TPSA) is 110 Å². The summed E-state index contributed by atoms with van der Waals surface area (Å²) in [7, 11) is 1.47. The van der Waals surface area contributed by atoms with Gasteiger partial charge in [0.1, 0.15) is 17.8 Å². The van der Waals surface area contributed by atoms with E-state index in [2.05, 4.69) is 20.0 Å². The van der Waals surface area contributed by atoms with Crippen LogP contribution in [-0.4, -0.2) is 25.7 Å². The van der Waals surface area contributed by atoms with Gasteiger partial charge in [-0.2, -0.15) is 0 Å². The van der Waals surface area contributed by atoms with Crippen LogP contribution in [0.5, 0.6) is 5.75 Å². The number of benzene rings is 1. The number of nitrogens with zero attached hydrogens (tertiary/aromatic N) is 3. The van der Waals surface area contributed by atoms with Gasteiger partial charge in [-0.05, 0) is 0 Å². The van der Waals surface area contributed by atoms with Crippen LogP contribution < -0.4 is 10.9 Å². The van der Waals surface area contributed by atoms with E-state index in [0.29, 0.717) is 5.56 Å². The highest BCUT2D eigenvalue weighted by Crippen LogP contribution is 2.19. The van der Waals surface area contributed by atoms with Gasteiger partial charge < -0.3 is 14.9 Å². The van der Waals surface area contributed by atoms with E-state index < -0.39 is 17.2 Å². The second-order valence-corrected chi connectivity index (χ2v) is 4.73. The highest BCUT2D eigenvalue weighted by molar-refractivity contribution is 6.04. The second-order valence-electron chi connectivity index (χ2n) is 4.73. The second kappa shape index (κ2) is 5.76. The predicted octanol–water partition coefficient (Wildman–Crippen LogP) is 1.39. The highest BCUT2D eigenvalue weighted by atomic mass is 16.5. The molecule has 0 fully saturated rings. The van der Waals surface area contributed by atoms with E-state index in [1.54, 1.807) is 24.3 Å². The molecule has 2 aromatic heterocycles. The Kier molecular flexibility index (Phi) is 3.63. The molecule has 8 heteroatoms. The first-order chi connectivity index (χ1) is 11.1. The van der Waals surface area contributed by atoms with Crippen molar-refractivity contribution < 1.29 is 14.4 Å². The van der Waals surface area contributed by atoms with Crippen molar-refractivity contribution >= 4 is 11.6 Å². The number of carbonyl (C=O) groups excluding carboxylic acids is 1. The molecule has 116 valence electrons. The number of nitrogens with one attached hydrogen (secondary N) is 1. The molecule has 23 heavy (non-hydrogen) atoms. The third-order valence-electron chi connectivity index (χ3n) is 3.20. The van der Waals surface area contributed by atoms with Crippen LogP contribution in [0.1, 0.15) is 10.5 Å². The van der Waals surface area contributed by atoms with Gasteiger partial charge in [0, 0.05) is 12.6 Å². The molecule has 0 aliphatic rings. The Morgan fingerprint density at radius 3 is 2.70 bits per heavy atom. The number of aromatic hydroxyl groups is 1. The maximum absolute atomic E-state index is 12.2. The number of hydrogen-bond donors (Lipinski definition) is 2. The average Bonchev–Trinajstić information content (AvgIpc) is 3.06. The van der Waals surface area contributed by atoms with Crippen LogP contribution in [0.25, 0.3) is 11.4 Å². The van der Waals surface area contributed by atoms with Gasteiger partial charge in [-0.25, -0.2) is 4.98 Å². The summed E-state index contributed by atoms with van der Waals surface area (Å²) in [6.07, 6.45) is 2.50. The van der Waals surface area contributed by atoms with E-state index in [4.69, 9.17) is 0 Å². The molecule has 1 amide bonds. The molecule has 0 aliphatic heterocycles. The van der Waals surface area contributed by atoms with E-state index in [0.717, 1.165) is 0 Å². The molecule has 1 aromatic carbocycles. The molecule has 0 saturated heterocycles. The van der Waals surface area contributed by atoms with Crippen LogP contribution >= 0.6 is 0 Å². The summed E-state index contributed by atoms with van der Waals surface area (Å²) in [5.41, 5.74) is -0.147. The molecule has 8 nitrogen and oxygen atoms in total. The third-order valence-corrected chi connectivity index (χ3v) is 3.20. The molecule has 3 aromatic rings. The Balaban J connectivity index is 2.09. The van der Waals surface area contributed by atoms with Crippen LogP contribution in [0.3, 0.4) is 0 Å². The van der Waals surface area contributed by atoms with Gasteiger partial charge >= 0.3 is 0 Å². The lowest BCUT2D eigenvalue weighted by molar-refractivity contribution is 0.101. The number of amides is 1. The molecule has 0 unspecified atom stereocenters. The monoisotopic (exact) mass is 312 g/mol. The molecule has 2 N–H and O–H groups in total. The van der Waals surface area contributed by atoms with Crippen LogP contribution in [-0.2, 0) is 7.05 Å². The normalized spacial score (nSPS) is 10.5. The number of anilines is 1. The minimum atomic E-state index is -0.736. The number of carbonyl (C=O) groups is 1. The van der Waals surface area contributed by atoms with Gasteiger partial charge in [0.2, 0.25) is 5.75 Å². The van der Waals surface area contributed by atoms with Crippen molar-refractivity contribution in [3.05, 3.63) is 58.8 Å². The summed E-state index contributed by atoms with van der Waals surface area (Å²) in [6.45, 7) is 0. The SMILES string of the molecule is Cn1c(-c2ccccc2)nc(C(=O)Nc2cnoc2)c(O)c1=O. The average molecular weight is 312 g/mol. The van der Waals surface area contributed by atoms with Crippen molar-refractivity contribution in [2.45, 2.75) is 0 Å². The number of hydrogen-bond acceptors (Lipinski definition) is 6. The van der Waals surface area contributed by atoms with E-state index in [1.165, 1.54) is 24.1 Å². The first-order valence-corrected chi connectivity index (χ1v) is 6.64. The van der Waals surface area contributed by atoms with E-state index in [9.17, 15) is 14.7 Å². The van der Waals surface area contributed by atoms with Gasteiger partial charge in [0.25, 0.3) is 11.5 Å². The lowest BCUT2D eigenvalue weighted by Gasteiger charge is -2.11. The van der Waals surface area contributed by atoms with Gasteiger partial charge in [-0.15, -0.1) is 0 Å². The van der Waals surface area contributed by atoms with Crippen molar-refractivity contribution in [3.63, 3.8) is 0 Å². The summed E-state index contributed by atoms with van der Waals surface area (Å²) in [6, 6.07) is 8.89. The molecule has 0 atom stereocenters. The molecule has 0 spiro atoms. The Hall–Kier alpha value is -3.42. The van der Waals surface area contributed by atoms with Crippen LogP contribution in [0.4, 0.5) is 5.69 Å². The Morgan fingerprint density at radius 2 is 2.04 bits per heavy atom. The summed E-state index contributed by atoms with van der Waals surface area (Å²) >= 11 is 0. The number of rotatable bonds is 3. The molecule has 0 saturated carbocycles. The smallest absolute Gasteiger partial charge is 0.296 e. The molecule has 0 aliphatic carbocycles. The van der Waals surface area contributed by atoms with Crippen LogP contribution in [0.15, 0.2) is 52.1 Å². The van der Waals surface area contributed by atoms with Gasteiger partial charge in [-0.1, -0.05) is 35.5 Å². The molecule has 0 radical (unpaired) electrons. The van der Waals surface area contributed by atoms with Crippen LogP contribution in [0, 0.1) is 0 Å². The fourth-order valence-corrected chi connectivity index (χ4v) is 2.05. The standard InChI is InChI=1S/C15H12N4O4/c1-19-13(9-5-3-2-4-6-9)18-11(12(20)15(19)22)14(21)17-10-7-16-23-8-10/h2-8,20H,1H3,(H,17,21). The Labute approximate surface area is 130 Å². The summed E-state index contributed by atoms with van der Waals surface area (Å²) < 4.78 is 5.79. The summed E-state index contributed by atoms with van der Waals surface area (Å²) in [5, 5.41) is 15.8. The zero-order valence-corrected chi connectivity index (χ0v) is 12.1. The molecular formula is C15H12N4O4. The van der Waals surface area contributed by atoms with Crippen LogP contribution in [0.2, 0.25) is 0 Å². The van der Waals surface area contributed by atoms with E-state index in [-0.39, 0.29) is 17.2 Å². The van der Waals surface area contributed by atoms with Gasteiger partial charge in [0.05, 0.1) is 6.20 Å². The fraction of sp³-hybridized carbons (Fsp3) is 0.0667. The first-order valence-electron chi connectivity index (χ1n) is 6.64. The third kappa shape index (κ3) is 2.69. The Morgan fingerprint density at radius 1 is 1.30 bits per heavy atom. The summed E-state index contributed by atoms with van der Waals surface area (Å²) in [5.74, 6) is -1.19. The van der Waals surface area contributed by atoms with E-state index >= 15 is 0 Å². The van der Waals surface area contributed by atoms with Crippen molar-refractivity contribution in [2.24, 2.45) is 7.05 Å². The van der Waals surface area contributed by atoms with Gasteiger partial charge in [-0.3, -0.25) is 14.2 Å². The lowest BCUT2D eigenvalue weighted by Crippen LogP contribution is -2.25. The highest BCUT2D eigenvalue weighted by Gasteiger charge is 2.21. The molecular weight excluding hydrogens is 300 g/mol. The quantitative estimate of drug-likeness (QED) is 0.756. The maximum atomic E-state index is 12.2. The van der Waals surface area contributed by atoms with Crippen molar-refractivity contribution in [1.29, 1.82) is 0 Å². The minimum Gasteiger partial charge on any atom is -0.501 e. The largest absolute Gasteiger partial charge is 0.501 e. The van der Waals surface area contributed by atoms with Crippen molar-refractivity contribution in [1.82, 2.24) is 14.7 Å². The van der Waals surface area contributed by atoms with Crippen molar-refractivity contribution in [3.8, 4) is 17.1 Å². The van der Waals surface area contributed by atoms with Gasteiger partial charge in [0.15, 0.2) is 5.69 Å². The fourth-order valence-electron chi connectivity index (χ4n) is 2.05.